The van der Waals surface area contributed by atoms with Gasteiger partial charge in [-0.1, -0.05) is 97.1 Å². The van der Waals surface area contributed by atoms with Crippen molar-refractivity contribution < 1.29 is 42.7 Å². The molecular formula is C43H46O9. The van der Waals surface area contributed by atoms with Gasteiger partial charge in [-0.3, -0.25) is 4.79 Å². The number of carbonyl (C=O) groups excluding carboxylic acids is 1. The van der Waals surface area contributed by atoms with Crippen molar-refractivity contribution in [3.8, 4) is 34.5 Å². The highest BCUT2D eigenvalue weighted by Crippen LogP contribution is 2.49. The molecule has 5 aromatic carbocycles. The Labute approximate surface area is 305 Å². The van der Waals surface area contributed by atoms with Gasteiger partial charge in [-0.25, -0.2) is 0 Å². The Kier molecular flexibility index (Phi) is 13.5. The number of carbonyl (C=O) groups is 1. The summed E-state index contributed by atoms with van der Waals surface area (Å²) in [6.45, 7) is 4.62. The van der Waals surface area contributed by atoms with Gasteiger partial charge in [0.1, 0.15) is 48.6 Å². The maximum Gasteiger partial charge on any atom is 0.204 e. The molecule has 0 N–H and O–H groups in total. The Hall–Kier alpha value is -5.51. The molecule has 1 atom stereocenters. The summed E-state index contributed by atoms with van der Waals surface area (Å²) in [5.74, 6) is 0.533. The molecule has 0 aliphatic carbocycles. The fourth-order valence-corrected chi connectivity index (χ4v) is 5.80. The molecule has 272 valence electrons. The molecular weight excluding hydrogens is 660 g/mol. The molecule has 0 spiro atoms. The van der Waals surface area contributed by atoms with E-state index in [0.29, 0.717) is 29.4 Å². The molecule has 0 saturated heterocycles. The molecule has 0 fully saturated rings. The van der Waals surface area contributed by atoms with Gasteiger partial charge >= 0.3 is 0 Å². The second-order valence-corrected chi connectivity index (χ2v) is 12.2. The van der Waals surface area contributed by atoms with Crippen LogP contribution in [0.5, 0.6) is 34.5 Å². The van der Waals surface area contributed by atoms with Gasteiger partial charge in [0.15, 0.2) is 23.6 Å². The summed E-state index contributed by atoms with van der Waals surface area (Å²) >= 11 is 0. The zero-order valence-electron chi connectivity index (χ0n) is 30.5. The number of ketones is 1. The third-order valence-corrected chi connectivity index (χ3v) is 8.24. The van der Waals surface area contributed by atoms with Crippen molar-refractivity contribution in [2.75, 3.05) is 28.4 Å². The fraction of sp³-hybridized carbons (Fsp3) is 0.279. The molecule has 0 saturated carbocycles. The molecule has 9 heteroatoms. The third kappa shape index (κ3) is 9.42. The van der Waals surface area contributed by atoms with Gasteiger partial charge in [-0.15, -0.1) is 0 Å². The molecule has 0 aliphatic heterocycles. The Morgan fingerprint density at radius 1 is 0.558 bits per heavy atom. The predicted molar refractivity (Wildman–Crippen MR) is 199 cm³/mol. The number of ether oxygens (including phenoxy) is 8. The Balaban J connectivity index is 1.62. The van der Waals surface area contributed by atoms with Gasteiger partial charge < -0.3 is 37.9 Å². The summed E-state index contributed by atoms with van der Waals surface area (Å²) in [6.07, 6.45) is -1.24. The normalized spacial score (nSPS) is 11.6. The lowest BCUT2D eigenvalue weighted by Gasteiger charge is -2.28. The van der Waals surface area contributed by atoms with Crippen LogP contribution >= 0.6 is 0 Å². The average molecular weight is 707 g/mol. The van der Waals surface area contributed by atoms with Crippen molar-refractivity contribution in [2.24, 2.45) is 0 Å². The largest absolute Gasteiger partial charge is 0.492 e. The van der Waals surface area contributed by atoms with E-state index in [2.05, 4.69) is 0 Å². The lowest BCUT2D eigenvalue weighted by atomic mass is 9.87. The lowest BCUT2D eigenvalue weighted by Crippen LogP contribution is -2.31. The first-order valence-electron chi connectivity index (χ1n) is 17.1. The van der Waals surface area contributed by atoms with Crippen LogP contribution < -0.4 is 28.4 Å². The third-order valence-electron chi connectivity index (χ3n) is 8.24. The Bertz CT molecular complexity index is 1860. The average Bonchev–Trinajstić information content (AvgIpc) is 3.18. The summed E-state index contributed by atoms with van der Waals surface area (Å²) in [4.78, 5) is 15.2. The number of hydrogen-bond acceptors (Lipinski definition) is 9. The van der Waals surface area contributed by atoms with E-state index in [1.165, 1.54) is 28.4 Å². The highest BCUT2D eigenvalue weighted by atomic mass is 16.7. The van der Waals surface area contributed by atoms with E-state index in [4.69, 9.17) is 37.9 Å². The molecule has 52 heavy (non-hydrogen) atoms. The summed E-state index contributed by atoms with van der Waals surface area (Å²) in [5.41, 5.74) is 3.53. The highest BCUT2D eigenvalue weighted by Gasteiger charge is 2.39. The van der Waals surface area contributed by atoms with Gasteiger partial charge in [0.25, 0.3) is 0 Å². The minimum atomic E-state index is -1.04. The number of benzene rings is 5. The minimum Gasteiger partial charge on any atom is -0.492 e. The van der Waals surface area contributed by atoms with Gasteiger partial charge in [0.2, 0.25) is 5.75 Å². The molecule has 0 aliphatic rings. The first-order valence-corrected chi connectivity index (χ1v) is 17.1. The highest BCUT2D eigenvalue weighted by molar-refractivity contribution is 6.07. The number of methoxy groups -OCH3 is 4. The SMILES string of the molecule is COc1c(OCc2ccccc2)cc(OCc2ccccc2)c(C(=O)C(c2ccc(OCc3ccccc3)cc2OC(C)C)C(OC)OC)c1OC. The molecule has 0 amide bonds. The standard InChI is InChI=1S/C43H46O9/c1-29(2)52-35-24-33(49-26-30-16-10-7-11-17-30)22-23-34(35)38(43(47-5)48-6)40(44)39-36(50-27-31-18-12-8-13-19-31)25-37(41(45-3)42(39)46-4)51-28-32-20-14-9-15-21-32/h7-25,29,38,43H,26-28H2,1-6H3. The van der Waals surface area contributed by atoms with Gasteiger partial charge in [0, 0.05) is 31.9 Å². The minimum absolute atomic E-state index is 0.131. The van der Waals surface area contributed by atoms with Crippen LogP contribution in [0.1, 0.15) is 52.4 Å². The Morgan fingerprint density at radius 3 is 1.54 bits per heavy atom. The summed E-state index contributed by atoms with van der Waals surface area (Å²) in [6, 6.07) is 36.3. The van der Waals surface area contributed by atoms with Crippen LogP contribution in [0.15, 0.2) is 115 Å². The maximum atomic E-state index is 15.2. The van der Waals surface area contributed by atoms with Crippen LogP contribution in [0.3, 0.4) is 0 Å². The topological polar surface area (TPSA) is 90.9 Å². The van der Waals surface area contributed by atoms with Crippen LogP contribution in [-0.4, -0.2) is 46.6 Å². The maximum absolute atomic E-state index is 15.2. The first-order chi connectivity index (χ1) is 25.4. The summed E-state index contributed by atoms with van der Waals surface area (Å²) in [7, 11) is 5.95. The van der Waals surface area contributed by atoms with Crippen molar-refractivity contribution in [3.05, 3.63) is 143 Å². The fourth-order valence-electron chi connectivity index (χ4n) is 5.80. The molecule has 0 radical (unpaired) electrons. The monoisotopic (exact) mass is 706 g/mol. The predicted octanol–water partition coefficient (Wildman–Crippen LogP) is 8.81. The number of rotatable bonds is 19. The lowest BCUT2D eigenvalue weighted by molar-refractivity contribution is -0.110. The zero-order valence-corrected chi connectivity index (χ0v) is 30.5. The molecule has 5 rings (SSSR count). The van der Waals surface area contributed by atoms with Crippen LogP contribution in [0.25, 0.3) is 0 Å². The second kappa shape index (κ2) is 18.6. The quantitative estimate of drug-likeness (QED) is 0.0617. The number of hydrogen-bond donors (Lipinski definition) is 0. The summed E-state index contributed by atoms with van der Waals surface area (Å²) in [5, 5.41) is 0. The molecule has 5 aromatic rings. The van der Waals surface area contributed by atoms with E-state index in [1.54, 1.807) is 24.3 Å². The van der Waals surface area contributed by atoms with E-state index >= 15 is 4.79 Å². The Morgan fingerprint density at radius 2 is 1.06 bits per heavy atom. The van der Waals surface area contributed by atoms with Crippen molar-refractivity contribution in [3.63, 3.8) is 0 Å². The van der Waals surface area contributed by atoms with Gasteiger partial charge in [-0.2, -0.15) is 0 Å². The smallest absolute Gasteiger partial charge is 0.204 e. The molecule has 9 nitrogen and oxygen atoms in total. The van der Waals surface area contributed by atoms with Crippen LogP contribution in [0.2, 0.25) is 0 Å². The van der Waals surface area contributed by atoms with E-state index in [1.807, 2.05) is 105 Å². The first kappa shape index (κ1) is 37.7. The van der Waals surface area contributed by atoms with E-state index in [-0.39, 0.29) is 42.1 Å². The molecule has 0 bridgehead atoms. The molecule has 0 aromatic heterocycles. The van der Waals surface area contributed by atoms with Crippen molar-refractivity contribution in [1.29, 1.82) is 0 Å². The van der Waals surface area contributed by atoms with E-state index < -0.39 is 18.0 Å². The van der Waals surface area contributed by atoms with Crippen molar-refractivity contribution in [1.82, 2.24) is 0 Å². The van der Waals surface area contributed by atoms with Crippen LogP contribution in [0.4, 0.5) is 0 Å². The van der Waals surface area contributed by atoms with Crippen molar-refractivity contribution in [2.45, 2.75) is 52.0 Å². The van der Waals surface area contributed by atoms with E-state index in [0.717, 1.165) is 16.7 Å². The van der Waals surface area contributed by atoms with Gasteiger partial charge in [0.05, 0.1) is 20.3 Å². The van der Waals surface area contributed by atoms with Crippen LogP contribution in [0, 0.1) is 0 Å². The van der Waals surface area contributed by atoms with Gasteiger partial charge in [-0.05, 0) is 36.6 Å². The summed E-state index contributed by atoms with van der Waals surface area (Å²) < 4.78 is 48.6. The second-order valence-electron chi connectivity index (χ2n) is 12.2. The van der Waals surface area contributed by atoms with Crippen molar-refractivity contribution >= 4 is 5.78 Å². The molecule has 0 heterocycles. The zero-order chi connectivity index (χ0) is 36.9. The van der Waals surface area contributed by atoms with Crippen LogP contribution in [-0.2, 0) is 29.3 Å². The molecule has 1 unspecified atom stereocenters. The number of Topliss-reactive ketones (excluding diaryl/α,β-unsaturated/α-hetero) is 1. The van der Waals surface area contributed by atoms with E-state index in [9.17, 15) is 0 Å².